The van der Waals surface area contributed by atoms with Crippen molar-refractivity contribution in [2.75, 3.05) is 6.54 Å². The van der Waals surface area contributed by atoms with Crippen LogP contribution in [-0.4, -0.2) is 24.4 Å². The monoisotopic (exact) mass is 431 g/mol. The number of rotatable bonds is 6. The molecule has 1 atom stereocenters. The summed E-state index contributed by atoms with van der Waals surface area (Å²) in [5.74, 6) is -0.292. The van der Waals surface area contributed by atoms with E-state index in [-0.39, 0.29) is 30.6 Å². The molecule has 2 amide bonds. The average Bonchev–Trinajstić information content (AvgIpc) is 2.56. The van der Waals surface area contributed by atoms with Gasteiger partial charge in [0.05, 0.1) is 0 Å². The zero-order chi connectivity index (χ0) is 17.6. The highest BCUT2D eigenvalue weighted by atomic mass is 79.9. The Hall–Kier alpha value is -1.11. The third kappa shape index (κ3) is 6.60. The number of hydrogen-bond donors (Lipinski definition) is 3. The summed E-state index contributed by atoms with van der Waals surface area (Å²) in [6.45, 7) is 1.97. The van der Waals surface area contributed by atoms with E-state index in [0.29, 0.717) is 12.6 Å². The predicted octanol–water partition coefficient (Wildman–Crippen LogP) is 3.00. The quantitative estimate of drug-likeness (QED) is 0.646. The molecule has 4 N–H and O–H groups in total. The lowest BCUT2D eigenvalue weighted by Gasteiger charge is -2.25. The van der Waals surface area contributed by atoms with Crippen LogP contribution in [0.5, 0.6) is 0 Å². The lowest BCUT2D eigenvalue weighted by Crippen LogP contribution is -2.49. The van der Waals surface area contributed by atoms with Crippen molar-refractivity contribution in [3.8, 4) is 0 Å². The van der Waals surface area contributed by atoms with Crippen molar-refractivity contribution in [2.45, 2.75) is 57.0 Å². The molecular weight excluding hydrogens is 406 g/mol. The topological polar surface area (TPSA) is 84.2 Å². The van der Waals surface area contributed by atoms with Crippen LogP contribution in [0.15, 0.2) is 28.7 Å². The van der Waals surface area contributed by atoms with E-state index >= 15 is 0 Å². The predicted molar refractivity (Wildman–Crippen MR) is 106 cm³/mol. The molecular formula is C18H27BrClN3O2. The summed E-state index contributed by atoms with van der Waals surface area (Å²) in [6, 6.07) is 7.64. The number of hydrogen-bond acceptors (Lipinski definition) is 3. The first kappa shape index (κ1) is 21.9. The first-order valence-electron chi connectivity index (χ1n) is 8.52. The molecule has 0 bridgehead atoms. The normalized spacial score (nSPS) is 17.1. The van der Waals surface area contributed by atoms with Crippen molar-refractivity contribution >= 4 is 40.2 Å². The summed E-state index contributed by atoms with van der Waals surface area (Å²) in [6.07, 6.45) is 6.01. The molecule has 2 rings (SSSR count). The Balaban J connectivity index is 0.00000312. The number of carbonyl (C=O) groups excluding carboxylic acids is 2. The molecule has 7 heteroatoms. The minimum Gasteiger partial charge on any atom is -0.354 e. The number of nitrogens with one attached hydrogen (secondary N) is 2. The van der Waals surface area contributed by atoms with Crippen molar-refractivity contribution in [3.05, 3.63) is 34.3 Å². The summed E-state index contributed by atoms with van der Waals surface area (Å²) < 4.78 is 0.932. The van der Waals surface area contributed by atoms with Crippen LogP contribution < -0.4 is 16.4 Å². The van der Waals surface area contributed by atoms with Crippen LogP contribution in [0.2, 0.25) is 0 Å². The molecule has 0 aliphatic heterocycles. The van der Waals surface area contributed by atoms with E-state index in [1.165, 1.54) is 19.3 Å². The lowest BCUT2D eigenvalue weighted by atomic mass is 9.92. The molecule has 5 nitrogen and oxygen atoms in total. The second-order valence-corrected chi connectivity index (χ2v) is 7.53. The van der Waals surface area contributed by atoms with Crippen LogP contribution in [0.25, 0.3) is 0 Å². The van der Waals surface area contributed by atoms with Gasteiger partial charge in [0.1, 0.15) is 5.54 Å². The highest BCUT2D eigenvalue weighted by molar-refractivity contribution is 9.10. The van der Waals surface area contributed by atoms with Crippen LogP contribution >= 0.6 is 28.3 Å². The number of nitrogens with two attached hydrogens (primary N) is 1. The molecule has 0 aromatic heterocycles. The molecule has 1 aromatic rings. The third-order valence-electron chi connectivity index (χ3n) is 4.52. The van der Waals surface area contributed by atoms with Crippen LogP contribution in [0.1, 0.15) is 51.0 Å². The average molecular weight is 433 g/mol. The summed E-state index contributed by atoms with van der Waals surface area (Å²) in [5.41, 5.74) is 5.78. The Morgan fingerprint density at radius 2 is 1.80 bits per heavy atom. The highest BCUT2D eigenvalue weighted by Crippen LogP contribution is 2.20. The Kier molecular flexibility index (Phi) is 8.89. The van der Waals surface area contributed by atoms with Crippen LogP contribution in [-0.2, 0) is 15.1 Å². The number of benzene rings is 1. The van der Waals surface area contributed by atoms with E-state index in [0.717, 1.165) is 22.9 Å². The number of halogens is 2. The number of carbonyl (C=O) groups is 2. The second-order valence-electron chi connectivity index (χ2n) is 6.62. The minimum atomic E-state index is -1.12. The van der Waals surface area contributed by atoms with Gasteiger partial charge >= 0.3 is 0 Å². The van der Waals surface area contributed by atoms with Crippen molar-refractivity contribution in [3.63, 3.8) is 0 Å². The van der Waals surface area contributed by atoms with Crippen LogP contribution in [0.3, 0.4) is 0 Å². The molecule has 0 spiro atoms. The van der Waals surface area contributed by atoms with E-state index in [9.17, 15) is 9.59 Å². The smallest absolute Gasteiger partial charge is 0.244 e. The summed E-state index contributed by atoms with van der Waals surface area (Å²) in [7, 11) is 0. The van der Waals surface area contributed by atoms with Crippen molar-refractivity contribution in [2.24, 2.45) is 5.73 Å². The van der Waals surface area contributed by atoms with Gasteiger partial charge in [0, 0.05) is 23.5 Å². The van der Waals surface area contributed by atoms with Gasteiger partial charge < -0.3 is 16.4 Å². The van der Waals surface area contributed by atoms with Crippen molar-refractivity contribution in [1.29, 1.82) is 0 Å². The third-order valence-corrected chi connectivity index (χ3v) is 5.05. The van der Waals surface area contributed by atoms with Gasteiger partial charge in [-0.15, -0.1) is 12.4 Å². The van der Waals surface area contributed by atoms with E-state index in [2.05, 4.69) is 26.6 Å². The maximum absolute atomic E-state index is 12.3. The molecule has 0 saturated heterocycles. The van der Waals surface area contributed by atoms with Crippen LogP contribution in [0, 0.1) is 0 Å². The Morgan fingerprint density at radius 3 is 2.40 bits per heavy atom. The van der Waals surface area contributed by atoms with Gasteiger partial charge in [-0.2, -0.15) is 0 Å². The van der Waals surface area contributed by atoms with Crippen molar-refractivity contribution < 1.29 is 9.59 Å². The maximum atomic E-state index is 12.3. The summed E-state index contributed by atoms with van der Waals surface area (Å²) in [4.78, 5) is 24.3. The zero-order valence-electron chi connectivity index (χ0n) is 14.5. The molecule has 0 heterocycles. The molecule has 1 fully saturated rings. The Bertz CT molecular complexity index is 572. The van der Waals surface area contributed by atoms with Gasteiger partial charge in [-0.1, -0.05) is 47.3 Å². The van der Waals surface area contributed by atoms with Gasteiger partial charge in [-0.25, -0.2) is 0 Å². The van der Waals surface area contributed by atoms with E-state index in [1.807, 2.05) is 24.3 Å². The molecule has 1 aromatic carbocycles. The molecule has 140 valence electrons. The molecule has 0 radical (unpaired) electrons. The molecule has 1 unspecified atom stereocenters. The first-order chi connectivity index (χ1) is 11.4. The van der Waals surface area contributed by atoms with E-state index in [4.69, 9.17) is 5.73 Å². The fourth-order valence-corrected chi connectivity index (χ4v) is 3.21. The fourth-order valence-electron chi connectivity index (χ4n) is 2.95. The summed E-state index contributed by atoms with van der Waals surface area (Å²) in [5, 5.41) is 5.81. The van der Waals surface area contributed by atoms with Gasteiger partial charge in [-0.3, -0.25) is 9.59 Å². The van der Waals surface area contributed by atoms with Gasteiger partial charge in [0.2, 0.25) is 11.8 Å². The molecule has 1 saturated carbocycles. The van der Waals surface area contributed by atoms with Crippen LogP contribution in [0.4, 0.5) is 0 Å². The van der Waals surface area contributed by atoms with Gasteiger partial charge in [-0.05, 0) is 37.5 Å². The summed E-state index contributed by atoms with van der Waals surface area (Å²) >= 11 is 3.36. The van der Waals surface area contributed by atoms with Gasteiger partial charge in [0.25, 0.3) is 0 Å². The largest absolute Gasteiger partial charge is 0.354 e. The number of amides is 2. The molecule has 1 aliphatic carbocycles. The van der Waals surface area contributed by atoms with Crippen molar-refractivity contribution in [1.82, 2.24) is 10.6 Å². The first-order valence-corrected chi connectivity index (χ1v) is 9.31. The van der Waals surface area contributed by atoms with Gasteiger partial charge in [0.15, 0.2) is 0 Å². The SMILES string of the molecule is CC(N)(C(=O)NCCC(=O)NC1CCCCC1)c1ccc(Br)cc1.Cl. The highest BCUT2D eigenvalue weighted by Gasteiger charge is 2.30. The zero-order valence-corrected chi connectivity index (χ0v) is 16.9. The standard InChI is InChI=1S/C18H26BrN3O2.ClH/c1-18(20,13-7-9-14(19)10-8-13)17(24)21-12-11-16(23)22-15-5-3-2-4-6-15;/h7-10,15H,2-6,11-12,20H2,1H3,(H,21,24)(H,22,23);1H. The fraction of sp³-hybridized carbons (Fsp3) is 0.556. The van der Waals surface area contributed by atoms with E-state index in [1.54, 1.807) is 6.92 Å². The lowest BCUT2D eigenvalue weighted by molar-refractivity contribution is -0.126. The maximum Gasteiger partial charge on any atom is 0.244 e. The van der Waals surface area contributed by atoms with E-state index < -0.39 is 5.54 Å². The molecule has 1 aliphatic rings. The Morgan fingerprint density at radius 1 is 1.20 bits per heavy atom. The Labute approximate surface area is 164 Å². The molecule has 25 heavy (non-hydrogen) atoms. The minimum absolute atomic E-state index is 0. The second kappa shape index (κ2) is 10.1.